The Labute approximate surface area is 128 Å². The van der Waals surface area contributed by atoms with Gasteiger partial charge in [-0.2, -0.15) is 4.99 Å². The largest absolute Gasteiger partial charge is 0.305 e. The van der Waals surface area contributed by atoms with Crippen LogP contribution in [0.2, 0.25) is 0 Å². The molecule has 0 saturated carbocycles. The average molecular weight is 301 g/mol. The van der Waals surface area contributed by atoms with Crippen LogP contribution < -0.4 is 10.6 Å². The Balaban J connectivity index is 1.74. The lowest BCUT2D eigenvalue weighted by atomic mass is 10.1. The highest BCUT2D eigenvalue weighted by atomic mass is 32.2. The van der Waals surface area contributed by atoms with Crippen LogP contribution in [0, 0.1) is 0 Å². The summed E-state index contributed by atoms with van der Waals surface area (Å²) < 4.78 is 0. The zero-order chi connectivity index (χ0) is 14.8. The van der Waals surface area contributed by atoms with Gasteiger partial charge in [-0.15, -0.1) is 11.8 Å². The molecule has 0 spiro atoms. The van der Waals surface area contributed by atoms with Gasteiger partial charge in [0.05, 0.1) is 16.7 Å². The maximum absolute atomic E-state index is 12.1. The van der Waals surface area contributed by atoms with E-state index in [9.17, 15) is 4.79 Å². The number of thioether (sulfide) groups is 1. The second-order valence-corrected chi connectivity index (χ2v) is 6.88. The third-order valence-corrected chi connectivity index (χ3v) is 5.13. The van der Waals surface area contributed by atoms with Gasteiger partial charge < -0.3 is 4.90 Å². The molecule has 1 amide bonds. The van der Waals surface area contributed by atoms with Crippen molar-refractivity contribution in [1.82, 2.24) is 4.90 Å². The van der Waals surface area contributed by atoms with E-state index >= 15 is 0 Å². The number of para-hydroxylation sites is 1. The van der Waals surface area contributed by atoms with E-state index in [1.54, 1.807) is 6.07 Å². The summed E-state index contributed by atoms with van der Waals surface area (Å²) >= 11 is 1.85. The standard InChI is InChI=1S/C16H19N3OS/c1-11-5-3-7-13-15(11)17-14(18-16(13)20)10-21-12-6-4-8-19(2)9-12/h3,5,7,12H,1,4,6,8-10H2,2H3. The Hall–Kier alpha value is -1.46. The van der Waals surface area contributed by atoms with Crippen molar-refractivity contribution in [3.05, 3.63) is 34.3 Å². The van der Waals surface area contributed by atoms with Crippen LogP contribution in [0.5, 0.6) is 0 Å². The Morgan fingerprint density at radius 3 is 3.10 bits per heavy atom. The Morgan fingerprint density at radius 2 is 2.29 bits per heavy atom. The molecule has 1 aromatic rings. The summed E-state index contributed by atoms with van der Waals surface area (Å²) in [6.45, 7) is 6.23. The van der Waals surface area contributed by atoms with Crippen LogP contribution in [0.4, 0.5) is 0 Å². The van der Waals surface area contributed by atoms with Crippen LogP contribution in [-0.4, -0.2) is 47.8 Å². The number of carbonyl (C=O) groups excluding carboxylic acids is 1. The van der Waals surface area contributed by atoms with E-state index in [4.69, 9.17) is 0 Å². The zero-order valence-electron chi connectivity index (χ0n) is 12.2. The first-order valence-corrected chi connectivity index (χ1v) is 8.27. The summed E-state index contributed by atoms with van der Waals surface area (Å²) in [5.74, 6) is 1.13. The van der Waals surface area contributed by atoms with E-state index in [0.29, 0.717) is 27.8 Å². The van der Waals surface area contributed by atoms with Crippen molar-refractivity contribution < 1.29 is 4.79 Å². The van der Waals surface area contributed by atoms with Gasteiger partial charge in [-0.25, -0.2) is 4.99 Å². The first kappa shape index (κ1) is 14.5. The van der Waals surface area contributed by atoms with E-state index in [-0.39, 0.29) is 5.91 Å². The number of amidine groups is 1. The maximum Gasteiger partial charge on any atom is 0.280 e. The lowest BCUT2D eigenvalue weighted by Crippen LogP contribution is -2.35. The van der Waals surface area contributed by atoms with E-state index in [0.717, 1.165) is 11.8 Å². The number of rotatable bonds is 3. The Kier molecular flexibility index (Phi) is 4.22. The van der Waals surface area contributed by atoms with Crippen molar-refractivity contribution in [3.8, 4) is 0 Å². The van der Waals surface area contributed by atoms with Crippen LogP contribution >= 0.6 is 11.8 Å². The van der Waals surface area contributed by atoms with Gasteiger partial charge in [-0.1, -0.05) is 18.7 Å². The highest BCUT2D eigenvalue weighted by Crippen LogP contribution is 2.22. The number of aliphatic imine (C=N–C) groups is 1. The first-order chi connectivity index (χ1) is 10.1. The molecule has 2 aliphatic heterocycles. The van der Waals surface area contributed by atoms with Gasteiger partial charge >= 0.3 is 0 Å². The fourth-order valence-electron chi connectivity index (χ4n) is 2.74. The summed E-state index contributed by atoms with van der Waals surface area (Å²) in [6, 6.07) is 5.46. The lowest BCUT2D eigenvalue weighted by molar-refractivity contribution is 0.1000. The number of amides is 1. The van der Waals surface area contributed by atoms with Crippen molar-refractivity contribution in [2.75, 3.05) is 25.9 Å². The smallest absolute Gasteiger partial charge is 0.280 e. The SMILES string of the molecule is C=c1cccc2c1=NC(CSC1CCCN(C)C1)=NC2=O. The van der Waals surface area contributed by atoms with E-state index < -0.39 is 0 Å². The molecule has 1 saturated heterocycles. The minimum atomic E-state index is -0.193. The van der Waals surface area contributed by atoms with Crippen LogP contribution in [0.3, 0.4) is 0 Å². The van der Waals surface area contributed by atoms with Gasteiger partial charge in [0.2, 0.25) is 0 Å². The number of likely N-dealkylation sites (tertiary alicyclic amines) is 1. The second-order valence-electron chi connectivity index (χ2n) is 5.60. The zero-order valence-corrected chi connectivity index (χ0v) is 13.0. The molecular weight excluding hydrogens is 282 g/mol. The molecule has 2 aliphatic rings. The number of nitrogens with zero attached hydrogens (tertiary/aromatic N) is 3. The molecule has 1 atom stereocenters. The lowest BCUT2D eigenvalue weighted by Gasteiger charge is -2.29. The average Bonchev–Trinajstić information content (AvgIpc) is 2.46. The first-order valence-electron chi connectivity index (χ1n) is 7.22. The Morgan fingerprint density at radius 1 is 1.43 bits per heavy atom. The number of fused-ring (bicyclic) bond motifs is 1. The molecule has 0 bridgehead atoms. The van der Waals surface area contributed by atoms with Crippen LogP contribution in [-0.2, 0) is 0 Å². The minimum Gasteiger partial charge on any atom is -0.305 e. The van der Waals surface area contributed by atoms with Gasteiger partial charge in [0.15, 0.2) is 0 Å². The van der Waals surface area contributed by atoms with Crippen molar-refractivity contribution in [2.24, 2.45) is 9.98 Å². The highest BCUT2D eigenvalue weighted by molar-refractivity contribution is 8.00. The topological polar surface area (TPSA) is 45.0 Å². The monoisotopic (exact) mass is 301 g/mol. The number of hydrogen-bond acceptors (Lipinski definition) is 4. The van der Waals surface area contributed by atoms with E-state index in [2.05, 4.69) is 28.5 Å². The normalized spacial score (nSPS) is 22.4. The quantitative estimate of drug-likeness (QED) is 0.840. The second kappa shape index (κ2) is 6.12. The fourth-order valence-corrected chi connectivity index (χ4v) is 3.95. The van der Waals surface area contributed by atoms with Crippen molar-refractivity contribution in [1.29, 1.82) is 0 Å². The van der Waals surface area contributed by atoms with Gasteiger partial charge in [0.25, 0.3) is 5.91 Å². The molecule has 0 aromatic heterocycles. The van der Waals surface area contributed by atoms with E-state index in [1.165, 1.54) is 19.4 Å². The van der Waals surface area contributed by atoms with Gasteiger partial charge in [0, 0.05) is 11.8 Å². The number of carbonyl (C=O) groups is 1. The van der Waals surface area contributed by atoms with E-state index in [1.807, 2.05) is 23.9 Å². The molecule has 110 valence electrons. The summed E-state index contributed by atoms with van der Waals surface area (Å²) in [6.07, 6.45) is 2.47. The summed E-state index contributed by atoms with van der Waals surface area (Å²) in [4.78, 5) is 23.1. The summed E-state index contributed by atoms with van der Waals surface area (Å²) in [5.41, 5.74) is 0.564. The molecule has 1 aromatic carbocycles. The maximum atomic E-state index is 12.1. The molecule has 2 heterocycles. The van der Waals surface area contributed by atoms with Crippen LogP contribution in [0.1, 0.15) is 23.2 Å². The molecule has 4 nitrogen and oxygen atoms in total. The van der Waals surface area contributed by atoms with Crippen molar-refractivity contribution in [2.45, 2.75) is 18.1 Å². The summed E-state index contributed by atoms with van der Waals surface area (Å²) in [7, 11) is 2.16. The van der Waals surface area contributed by atoms with Gasteiger partial charge in [0.1, 0.15) is 5.84 Å². The molecule has 1 fully saturated rings. The minimum absolute atomic E-state index is 0.193. The molecule has 1 unspecified atom stereocenters. The molecule has 3 rings (SSSR count). The van der Waals surface area contributed by atoms with Crippen molar-refractivity contribution >= 4 is 30.1 Å². The third-order valence-electron chi connectivity index (χ3n) is 3.85. The van der Waals surface area contributed by atoms with Crippen molar-refractivity contribution in [3.63, 3.8) is 0 Å². The molecule has 0 aliphatic carbocycles. The van der Waals surface area contributed by atoms with Gasteiger partial charge in [-0.05, 0) is 37.7 Å². The fraction of sp³-hybridized carbons (Fsp3) is 0.438. The number of benzene rings is 1. The van der Waals surface area contributed by atoms with Crippen LogP contribution in [0.15, 0.2) is 28.2 Å². The molecule has 21 heavy (non-hydrogen) atoms. The predicted molar refractivity (Wildman–Crippen MR) is 87.5 cm³/mol. The third kappa shape index (κ3) is 3.24. The number of piperidine rings is 1. The summed E-state index contributed by atoms with van der Waals surface area (Å²) in [5, 5.41) is 2.08. The molecule has 0 radical (unpaired) electrons. The molecular formula is C16H19N3OS. The Bertz CT molecular complexity index is 698. The molecule has 5 heteroatoms. The van der Waals surface area contributed by atoms with Gasteiger partial charge in [-0.3, -0.25) is 4.79 Å². The highest BCUT2D eigenvalue weighted by Gasteiger charge is 2.20. The predicted octanol–water partition coefficient (Wildman–Crippen LogP) is 1.10. The molecule has 0 N–H and O–H groups in total. The van der Waals surface area contributed by atoms with Crippen LogP contribution in [0.25, 0.3) is 6.58 Å². The number of hydrogen-bond donors (Lipinski definition) is 0.